The molecule has 1 aliphatic rings. The number of aryl methyl sites for hydroxylation is 2. The summed E-state index contributed by atoms with van der Waals surface area (Å²) >= 11 is 0. The number of nitrogens with zero attached hydrogens (tertiary/aromatic N) is 4. The van der Waals surface area contributed by atoms with Crippen LogP contribution in [0.2, 0.25) is 0 Å². The zero-order valence-electron chi connectivity index (χ0n) is 35.8. The van der Waals surface area contributed by atoms with Crippen molar-refractivity contribution in [3.63, 3.8) is 0 Å². The molecule has 5 nitrogen and oxygen atoms in total. The van der Waals surface area contributed by atoms with Crippen LogP contribution in [-0.2, 0) is 32.9 Å². The van der Waals surface area contributed by atoms with Gasteiger partial charge in [-0.2, -0.15) is 11.2 Å². The first kappa shape index (κ1) is 41.7. The number of aromatic nitrogens is 4. The van der Waals surface area contributed by atoms with Crippen LogP contribution in [0.1, 0.15) is 123 Å². The topological polar surface area (TPSA) is 44.9 Å². The fourth-order valence-electron chi connectivity index (χ4n) is 8.95. The van der Waals surface area contributed by atoms with Crippen LogP contribution in [0.15, 0.2) is 78.5 Å². The first-order valence-electron chi connectivity index (χ1n) is 20.3. The van der Waals surface area contributed by atoms with Crippen molar-refractivity contribution >= 4 is 21.8 Å². The van der Waals surface area contributed by atoms with Gasteiger partial charge in [0.1, 0.15) is 5.82 Å². The van der Waals surface area contributed by atoms with Crippen molar-refractivity contribution in [1.29, 1.82) is 0 Å². The minimum Gasteiger partial charge on any atom is -0.509 e. The average Bonchev–Trinajstić information content (AvgIpc) is 3.59. The van der Waals surface area contributed by atoms with Gasteiger partial charge in [-0.1, -0.05) is 118 Å². The number of para-hydroxylation sites is 1. The number of hydrogen-bond acceptors (Lipinski definition) is 3. The summed E-state index contributed by atoms with van der Waals surface area (Å²) in [5, 5.41) is 7.57. The molecule has 1 aliphatic carbocycles. The van der Waals surface area contributed by atoms with E-state index >= 15 is 0 Å². The molecule has 0 bridgehead atoms. The smallest absolute Gasteiger partial charge is 0.509 e. The van der Waals surface area contributed by atoms with Gasteiger partial charge in [0, 0.05) is 40.4 Å². The first-order valence-corrected chi connectivity index (χ1v) is 20.3. The van der Waals surface area contributed by atoms with Crippen LogP contribution in [0, 0.1) is 48.6 Å². The number of pyridine rings is 1. The van der Waals surface area contributed by atoms with E-state index in [4.69, 9.17) is 14.8 Å². The molecule has 56 heavy (non-hydrogen) atoms. The monoisotopic (exact) mass is 927 g/mol. The van der Waals surface area contributed by atoms with E-state index in [0.29, 0.717) is 23.3 Å². The molecule has 6 heteroatoms. The zero-order valence-corrected chi connectivity index (χ0v) is 38.1. The molecule has 3 aromatic carbocycles. The number of ether oxygens (including phenoxy) is 1. The Hall–Kier alpha value is -3.95. The van der Waals surface area contributed by atoms with E-state index in [2.05, 4.69) is 172 Å². The Morgan fingerprint density at radius 1 is 0.839 bits per heavy atom. The van der Waals surface area contributed by atoms with Crippen LogP contribution < -0.4 is 4.74 Å². The standard InChI is InChI=1S/C50H60N4O.Pt/c1-14-17-34-22-23-51-45(26-34)53-43-19-16-15-18-39(43)40-21-20-37(30-44(40)53)55-38-28-35(48(5,6)7)27-36(29-38)54-33(4)46(32(3)52-54)47-41(49(8,9)10)24-31(2)25-42(47)50(11,12)13;/h15-16,18-24,26-28,31,42,47H,14,17,25H2,1-13H3;/q-2;+2/t31-,42-,47?;/m0./s1. The molecule has 3 atom stereocenters. The summed E-state index contributed by atoms with van der Waals surface area (Å²) in [5.74, 6) is 3.49. The van der Waals surface area contributed by atoms with Crippen LogP contribution in [0.25, 0.3) is 33.3 Å². The third kappa shape index (κ3) is 7.95. The van der Waals surface area contributed by atoms with Crippen molar-refractivity contribution in [2.24, 2.45) is 22.7 Å². The van der Waals surface area contributed by atoms with Crippen LogP contribution in [0.4, 0.5) is 0 Å². The van der Waals surface area contributed by atoms with Gasteiger partial charge < -0.3 is 9.30 Å². The van der Waals surface area contributed by atoms with Crippen LogP contribution in [-0.4, -0.2) is 19.3 Å². The van der Waals surface area contributed by atoms with Gasteiger partial charge in [0.15, 0.2) is 0 Å². The van der Waals surface area contributed by atoms with Gasteiger partial charge in [-0.3, -0.25) is 4.68 Å². The molecular formula is C50H60N4OPt. The maximum Gasteiger partial charge on any atom is 2.00 e. The third-order valence-corrected chi connectivity index (χ3v) is 11.7. The van der Waals surface area contributed by atoms with Crippen LogP contribution in [0.3, 0.4) is 0 Å². The van der Waals surface area contributed by atoms with Gasteiger partial charge in [0.2, 0.25) is 0 Å². The largest absolute Gasteiger partial charge is 2.00 e. The summed E-state index contributed by atoms with van der Waals surface area (Å²) in [6.45, 7) is 30.1. The molecule has 7 rings (SSSR count). The van der Waals surface area contributed by atoms with Gasteiger partial charge in [0.25, 0.3) is 0 Å². The van der Waals surface area contributed by atoms with Crippen molar-refractivity contribution in [2.75, 3.05) is 0 Å². The van der Waals surface area contributed by atoms with Crippen LogP contribution in [0.5, 0.6) is 11.5 Å². The molecule has 6 aromatic rings. The molecule has 296 valence electrons. The Balaban J connectivity index is 0.00000532. The predicted octanol–water partition coefficient (Wildman–Crippen LogP) is 13.4. The molecular weight excluding hydrogens is 868 g/mol. The molecule has 0 fully saturated rings. The molecule has 0 saturated heterocycles. The molecule has 0 spiro atoms. The number of rotatable bonds is 7. The van der Waals surface area contributed by atoms with Crippen molar-refractivity contribution in [3.8, 4) is 23.0 Å². The van der Waals surface area contributed by atoms with Crippen molar-refractivity contribution in [1.82, 2.24) is 19.3 Å². The summed E-state index contributed by atoms with van der Waals surface area (Å²) in [6, 6.07) is 28.7. The van der Waals surface area contributed by atoms with E-state index in [1.165, 1.54) is 28.8 Å². The summed E-state index contributed by atoms with van der Waals surface area (Å²) < 4.78 is 11.1. The minimum absolute atomic E-state index is 0. The molecule has 0 N–H and O–H groups in total. The summed E-state index contributed by atoms with van der Waals surface area (Å²) in [5.41, 5.74) is 10.6. The van der Waals surface area contributed by atoms with Gasteiger partial charge in [-0.25, -0.2) is 4.98 Å². The molecule has 0 radical (unpaired) electrons. The summed E-state index contributed by atoms with van der Waals surface area (Å²) in [4.78, 5) is 4.84. The maximum atomic E-state index is 6.77. The predicted molar refractivity (Wildman–Crippen MR) is 229 cm³/mol. The van der Waals surface area contributed by atoms with E-state index in [1.807, 2.05) is 12.3 Å². The van der Waals surface area contributed by atoms with Crippen molar-refractivity contribution < 1.29 is 25.8 Å². The average molecular weight is 928 g/mol. The van der Waals surface area contributed by atoms with E-state index in [0.717, 1.165) is 57.4 Å². The normalized spacial score (nSPS) is 17.9. The van der Waals surface area contributed by atoms with E-state index in [1.54, 1.807) is 0 Å². The van der Waals surface area contributed by atoms with Gasteiger partial charge >= 0.3 is 21.1 Å². The Bertz CT molecular complexity index is 2410. The number of benzene rings is 3. The Morgan fingerprint density at radius 2 is 1.57 bits per heavy atom. The number of hydrogen-bond donors (Lipinski definition) is 0. The first-order chi connectivity index (χ1) is 25.8. The van der Waals surface area contributed by atoms with Crippen molar-refractivity contribution in [3.05, 3.63) is 119 Å². The molecule has 1 unspecified atom stereocenters. The fourth-order valence-corrected chi connectivity index (χ4v) is 8.95. The van der Waals surface area contributed by atoms with Crippen molar-refractivity contribution in [2.45, 2.75) is 121 Å². The molecule has 3 aromatic heterocycles. The zero-order chi connectivity index (χ0) is 39.6. The molecule has 0 amide bonds. The second-order valence-corrected chi connectivity index (χ2v) is 19.2. The Morgan fingerprint density at radius 3 is 2.25 bits per heavy atom. The number of allylic oxidation sites excluding steroid dienone is 2. The van der Waals surface area contributed by atoms with E-state index in [-0.39, 0.29) is 43.2 Å². The van der Waals surface area contributed by atoms with E-state index < -0.39 is 0 Å². The second kappa shape index (κ2) is 15.4. The SMILES string of the molecule is CCCc1ccnc(-n2c3[c-]c(Oc4[c-]c(-n5nc(C)c(C6C(C(C)(C)C)=C[C@H](C)C[C@@H]6C(C)(C)C)c5C)cc(C(C)(C)C)c4)ccc3c3ccccc32)c1.[Pt+2]. The summed E-state index contributed by atoms with van der Waals surface area (Å²) in [6.07, 6.45) is 7.74. The van der Waals surface area contributed by atoms with E-state index in [9.17, 15) is 0 Å². The number of fused-ring (bicyclic) bond motifs is 3. The molecule has 0 saturated carbocycles. The van der Waals surface area contributed by atoms with Gasteiger partial charge in [-0.05, 0) is 89.6 Å². The Labute approximate surface area is 350 Å². The minimum atomic E-state index is -0.130. The molecule has 3 heterocycles. The van der Waals surface area contributed by atoms with Crippen LogP contribution >= 0.6 is 0 Å². The quantitative estimate of drug-likeness (QED) is 0.118. The van der Waals surface area contributed by atoms with Gasteiger partial charge in [0.05, 0.1) is 5.69 Å². The van der Waals surface area contributed by atoms with Gasteiger partial charge in [-0.15, -0.1) is 41.3 Å². The summed E-state index contributed by atoms with van der Waals surface area (Å²) in [7, 11) is 0. The second-order valence-electron chi connectivity index (χ2n) is 19.2. The maximum absolute atomic E-state index is 6.77. The molecule has 0 aliphatic heterocycles. The third-order valence-electron chi connectivity index (χ3n) is 11.7. The Kier molecular flexibility index (Phi) is 11.5. The fraction of sp³-hybridized carbons (Fsp3) is 0.440.